The molecule has 0 aromatic heterocycles. The largest absolute Gasteiger partial charge is 0.479 e. The molecule has 11 nitrogen and oxygen atoms in total. The number of allylic oxidation sites excluding steroid dienone is 18. The first kappa shape index (κ1) is 51.9. The summed E-state index contributed by atoms with van der Waals surface area (Å²) < 4.78 is 21.6. The lowest BCUT2D eigenvalue weighted by molar-refractivity contribution is -0.298. The summed E-state index contributed by atoms with van der Waals surface area (Å²) in [6.07, 6.45) is 40.2. The maximum atomic E-state index is 12.7. The van der Waals surface area contributed by atoms with Crippen LogP contribution in [-0.4, -0.2) is 88.4 Å². The maximum Gasteiger partial charge on any atom is 0.335 e. The third-order valence-electron chi connectivity index (χ3n) is 8.63. The number of carboxylic acids is 1. The Morgan fingerprint density at radius 3 is 1.48 bits per heavy atom. The summed E-state index contributed by atoms with van der Waals surface area (Å²) in [6, 6.07) is 0. The average molecular weight is 811 g/mol. The molecule has 58 heavy (non-hydrogen) atoms. The van der Waals surface area contributed by atoms with Crippen LogP contribution in [0.5, 0.6) is 0 Å². The van der Waals surface area contributed by atoms with Gasteiger partial charge in [0.05, 0.1) is 6.61 Å². The van der Waals surface area contributed by atoms with Crippen molar-refractivity contribution < 1.29 is 53.8 Å². The van der Waals surface area contributed by atoms with E-state index in [1.54, 1.807) is 0 Å². The Morgan fingerprint density at radius 2 is 1.00 bits per heavy atom. The number of carboxylic acid groups (broad SMARTS) is 1. The molecule has 1 rings (SSSR count). The Morgan fingerprint density at radius 1 is 0.534 bits per heavy atom. The minimum absolute atomic E-state index is 0.0968. The molecule has 0 spiro atoms. The molecular formula is C47H70O11. The second-order valence-electron chi connectivity index (χ2n) is 13.7. The van der Waals surface area contributed by atoms with Crippen LogP contribution in [0.15, 0.2) is 109 Å². The van der Waals surface area contributed by atoms with E-state index in [0.717, 1.165) is 77.0 Å². The van der Waals surface area contributed by atoms with Crippen LogP contribution < -0.4 is 0 Å². The third kappa shape index (κ3) is 27.5. The Labute approximate surface area is 346 Å². The molecule has 6 atom stereocenters. The molecule has 0 saturated carbocycles. The number of carbonyl (C=O) groups is 3. The highest BCUT2D eigenvalue weighted by Gasteiger charge is 2.47. The predicted octanol–water partition coefficient (Wildman–Crippen LogP) is 8.64. The molecule has 0 amide bonds. The van der Waals surface area contributed by atoms with Crippen molar-refractivity contribution in [1.29, 1.82) is 0 Å². The zero-order valence-corrected chi connectivity index (χ0v) is 34.7. The number of hydrogen-bond donors (Lipinski definition) is 4. The molecule has 0 aliphatic carbocycles. The highest BCUT2D eigenvalue weighted by molar-refractivity contribution is 5.73. The van der Waals surface area contributed by atoms with Crippen LogP contribution >= 0.6 is 0 Å². The number of ether oxygens (including phenoxy) is 4. The van der Waals surface area contributed by atoms with Crippen LogP contribution in [0.2, 0.25) is 0 Å². The zero-order chi connectivity index (χ0) is 42.5. The summed E-state index contributed by atoms with van der Waals surface area (Å²) in [5.41, 5.74) is 0. The summed E-state index contributed by atoms with van der Waals surface area (Å²) in [5, 5.41) is 39.7. The van der Waals surface area contributed by atoms with Gasteiger partial charge < -0.3 is 39.4 Å². The summed E-state index contributed by atoms with van der Waals surface area (Å²) in [7, 11) is 0. The number of rotatable bonds is 32. The third-order valence-corrected chi connectivity index (χ3v) is 8.63. The summed E-state index contributed by atoms with van der Waals surface area (Å²) >= 11 is 0. The van der Waals surface area contributed by atoms with Gasteiger partial charge in [0.25, 0.3) is 0 Å². The van der Waals surface area contributed by atoms with Gasteiger partial charge in [-0.1, -0.05) is 130 Å². The van der Waals surface area contributed by atoms with E-state index < -0.39 is 61.3 Å². The standard InChI is InChI=1S/C47H70O11/c1-3-5-7-9-11-13-15-17-18-19-20-21-22-24-25-27-29-31-33-35-40(48)55-37-39(38-56-47-44(52)42(50)43(51)45(58-47)46(53)54)57-41(49)36-34-32-30-28-26-23-16-14-12-10-8-6-4-2/h5-8,11-14,17-18,20-21,23-26,29,31,39,42-45,47,50-52H,3-4,9-10,15-16,19,22,27-28,30,32-38H2,1-2H3,(H,53,54)/b7-5-,8-6-,13-11-,14-12-,18-17-,21-20-,25-24-,26-23-,31-29-. The van der Waals surface area contributed by atoms with E-state index in [2.05, 4.69) is 111 Å². The lowest BCUT2D eigenvalue weighted by atomic mass is 9.99. The minimum atomic E-state index is -1.88. The SMILES string of the molecule is CC/C=C\C/C=C\C/C=C\C/C=C\C/C=C\C/C=C\CCC(=O)OCC(COC1OC(C(=O)O)C(O)C(O)C1O)OC(=O)CCCCC/C=C\C/C=C\C/C=C\CC. The molecule has 1 saturated heterocycles. The van der Waals surface area contributed by atoms with E-state index in [1.807, 2.05) is 12.2 Å². The van der Waals surface area contributed by atoms with Gasteiger partial charge in [-0.3, -0.25) is 9.59 Å². The van der Waals surface area contributed by atoms with E-state index in [1.165, 1.54) is 0 Å². The van der Waals surface area contributed by atoms with Gasteiger partial charge >= 0.3 is 17.9 Å². The van der Waals surface area contributed by atoms with E-state index in [-0.39, 0.29) is 19.4 Å². The monoisotopic (exact) mass is 810 g/mol. The molecule has 1 aliphatic rings. The van der Waals surface area contributed by atoms with E-state index in [0.29, 0.717) is 12.8 Å². The first-order chi connectivity index (χ1) is 28.2. The van der Waals surface area contributed by atoms with Crippen LogP contribution in [0.3, 0.4) is 0 Å². The highest BCUT2D eigenvalue weighted by atomic mass is 16.7. The highest BCUT2D eigenvalue weighted by Crippen LogP contribution is 2.23. The lowest BCUT2D eigenvalue weighted by Crippen LogP contribution is -2.60. The number of esters is 2. The summed E-state index contributed by atoms with van der Waals surface area (Å²) in [4.78, 5) is 36.7. The topological polar surface area (TPSA) is 169 Å². The van der Waals surface area contributed by atoms with Crippen molar-refractivity contribution in [1.82, 2.24) is 0 Å². The van der Waals surface area contributed by atoms with Crippen molar-refractivity contribution >= 4 is 17.9 Å². The van der Waals surface area contributed by atoms with Gasteiger partial charge in [0.2, 0.25) is 0 Å². The van der Waals surface area contributed by atoms with Crippen LogP contribution in [0.1, 0.15) is 117 Å². The second kappa shape index (κ2) is 36.0. The molecule has 0 aromatic carbocycles. The molecule has 0 aromatic rings. The summed E-state index contributed by atoms with van der Waals surface area (Å²) in [6.45, 7) is 3.46. The van der Waals surface area contributed by atoms with Crippen molar-refractivity contribution in [2.75, 3.05) is 13.2 Å². The van der Waals surface area contributed by atoms with Gasteiger partial charge in [0.1, 0.15) is 24.9 Å². The molecule has 6 unspecified atom stereocenters. The average Bonchev–Trinajstić information content (AvgIpc) is 3.21. The first-order valence-corrected chi connectivity index (χ1v) is 20.9. The van der Waals surface area contributed by atoms with Crippen molar-refractivity contribution in [2.45, 2.75) is 153 Å². The fourth-order valence-electron chi connectivity index (χ4n) is 5.39. The quantitative estimate of drug-likeness (QED) is 0.0292. The lowest BCUT2D eigenvalue weighted by Gasteiger charge is -2.38. The smallest absolute Gasteiger partial charge is 0.335 e. The van der Waals surface area contributed by atoms with Gasteiger partial charge in [-0.2, -0.15) is 0 Å². The van der Waals surface area contributed by atoms with Gasteiger partial charge in [0.15, 0.2) is 18.5 Å². The van der Waals surface area contributed by atoms with Gasteiger partial charge in [0, 0.05) is 12.8 Å². The molecule has 0 bridgehead atoms. The van der Waals surface area contributed by atoms with Crippen molar-refractivity contribution in [2.24, 2.45) is 0 Å². The molecule has 1 aliphatic heterocycles. The number of unbranched alkanes of at least 4 members (excludes halogenated alkanes) is 3. The van der Waals surface area contributed by atoms with Crippen LogP contribution in [0, 0.1) is 0 Å². The van der Waals surface area contributed by atoms with E-state index in [4.69, 9.17) is 18.9 Å². The maximum absolute atomic E-state index is 12.7. The summed E-state index contributed by atoms with van der Waals surface area (Å²) in [5.74, 6) is -2.61. The van der Waals surface area contributed by atoms with Gasteiger partial charge in [-0.15, -0.1) is 0 Å². The molecule has 0 radical (unpaired) electrons. The molecule has 11 heteroatoms. The fraction of sp³-hybridized carbons (Fsp3) is 0.553. The Balaban J connectivity index is 2.48. The number of hydrogen-bond acceptors (Lipinski definition) is 10. The van der Waals surface area contributed by atoms with Crippen LogP contribution in [0.25, 0.3) is 0 Å². The predicted molar refractivity (Wildman–Crippen MR) is 229 cm³/mol. The van der Waals surface area contributed by atoms with Crippen molar-refractivity contribution in [3.63, 3.8) is 0 Å². The minimum Gasteiger partial charge on any atom is -0.479 e. The van der Waals surface area contributed by atoms with E-state index >= 15 is 0 Å². The fourth-order valence-corrected chi connectivity index (χ4v) is 5.39. The number of aliphatic carboxylic acids is 1. The van der Waals surface area contributed by atoms with Gasteiger partial charge in [-0.25, -0.2) is 4.79 Å². The number of aliphatic hydroxyl groups is 3. The second-order valence-corrected chi connectivity index (χ2v) is 13.7. The van der Waals surface area contributed by atoms with Gasteiger partial charge in [-0.05, 0) is 83.5 Å². The van der Waals surface area contributed by atoms with Crippen molar-refractivity contribution in [3.8, 4) is 0 Å². The molecule has 1 heterocycles. The van der Waals surface area contributed by atoms with Crippen LogP contribution in [0.4, 0.5) is 0 Å². The number of carbonyl (C=O) groups excluding carboxylic acids is 2. The molecule has 1 fully saturated rings. The van der Waals surface area contributed by atoms with Crippen molar-refractivity contribution in [3.05, 3.63) is 109 Å². The number of aliphatic hydroxyl groups excluding tert-OH is 3. The Bertz CT molecular complexity index is 1370. The Hall–Kier alpha value is -4.13. The molecular weight excluding hydrogens is 741 g/mol. The first-order valence-electron chi connectivity index (χ1n) is 20.9. The molecule has 324 valence electrons. The Kier molecular flexibility index (Phi) is 32.2. The normalized spacial score (nSPS) is 21.2. The van der Waals surface area contributed by atoms with Crippen LogP contribution in [-0.2, 0) is 33.3 Å². The van der Waals surface area contributed by atoms with E-state index in [9.17, 15) is 34.8 Å². The molecule has 4 N–H and O–H groups in total. The zero-order valence-electron chi connectivity index (χ0n) is 34.7.